The van der Waals surface area contributed by atoms with E-state index >= 15 is 0 Å². The SMILES string of the molecule is Cc1ccc2c(COC(=O)c3cccc(S(=O)(=O)N(C)C)c3)cc(=O)oc2c1. The van der Waals surface area contributed by atoms with Crippen LogP contribution in [0.4, 0.5) is 0 Å². The minimum absolute atomic E-state index is 0.00627. The van der Waals surface area contributed by atoms with Crippen molar-refractivity contribution in [3.8, 4) is 0 Å². The first-order valence-corrected chi connectivity index (χ1v) is 9.85. The molecule has 0 atom stereocenters. The lowest BCUT2D eigenvalue weighted by atomic mass is 10.1. The number of nitrogens with zero attached hydrogens (tertiary/aromatic N) is 1. The smallest absolute Gasteiger partial charge is 0.338 e. The third-order valence-electron chi connectivity index (χ3n) is 4.19. The van der Waals surface area contributed by atoms with Crippen molar-refractivity contribution in [1.82, 2.24) is 4.31 Å². The zero-order chi connectivity index (χ0) is 20.5. The van der Waals surface area contributed by atoms with Crippen LogP contribution in [0.1, 0.15) is 21.5 Å². The van der Waals surface area contributed by atoms with E-state index in [0.717, 1.165) is 9.87 Å². The van der Waals surface area contributed by atoms with Crippen LogP contribution in [0.2, 0.25) is 0 Å². The number of hydrogen-bond donors (Lipinski definition) is 0. The van der Waals surface area contributed by atoms with Crippen molar-refractivity contribution in [2.45, 2.75) is 18.4 Å². The summed E-state index contributed by atoms with van der Waals surface area (Å²) in [5.74, 6) is -0.690. The highest BCUT2D eigenvalue weighted by Crippen LogP contribution is 2.20. The molecule has 3 aromatic rings. The van der Waals surface area contributed by atoms with Gasteiger partial charge in [-0.3, -0.25) is 0 Å². The zero-order valence-corrected chi connectivity index (χ0v) is 16.4. The summed E-state index contributed by atoms with van der Waals surface area (Å²) in [6, 6.07) is 12.3. The summed E-state index contributed by atoms with van der Waals surface area (Å²) >= 11 is 0. The molecule has 1 heterocycles. The van der Waals surface area contributed by atoms with Gasteiger partial charge in [0.05, 0.1) is 10.5 Å². The number of carbonyl (C=O) groups excluding carboxylic acids is 1. The molecule has 146 valence electrons. The Hall–Kier alpha value is -2.97. The lowest BCUT2D eigenvalue weighted by molar-refractivity contribution is 0.0473. The molecule has 0 saturated carbocycles. The predicted molar refractivity (Wildman–Crippen MR) is 104 cm³/mol. The van der Waals surface area contributed by atoms with Crippen molar-refractivity contribution < 1.29 is 22.4 Å². The largest absolute Gasteiger partial charge is 0.457 e. The molecule has 0 bridgehead atoms. The number of ether oxygens (including phenoxy) is 1. The highest BCUT2D eigenvalue weighted by Gasteiger charge is 2.19. The molecule has 0 aliphatic heterocycles. The summed E-state index contributed by atoms with van der Waals surface area (Å²) in [4.78, 5) is 24.2. The predicted octanol–water partition coefficient (Wildman–Crippen LogP) is 2.71. The standard InChI is InChI=1S/C20H19NO6S/c1-13-7-8-17-15(11-19(22)27-18(17)9-13)12-26-20(23)14-5-4-6-16(10-14)28(24,25)21(2)3/h4-11H,12H2,1-3H3. The van der Waals surface area contributed by atoms with Gasteiger partial charge in [0.15, 0.2) is 0 Å². The van der Waals surface area contributed by atoms with Gasteiger partial charge in [0, 0.05) is 31.1 Å². The molecule has 28 heavy (non-hydrogen) atoms. The normalized spacial score (nSPS) is 11.7. The quantitative estimate of drug-likeness (QED) is 0.482. The number of benzene rings is 2. The lowest BCUT2D eigenvalue weighted by Crippen LogP contribution is -2.22. The van der Waals surface area contributed by atoms with Gasteiger partial charge in [-0.25, -0.2) is 22.3 Å². The Bertz CT molecular complexity index is 1210. The molecule has 0 amide bonds. The number of fused-ring (bicyclic) bond motifs is 1. The van der Waals surface area contributed by atoms with Gasteiger partial charge >= 0.3 is 11.6 Å². The Morgan fingerprint density at radius 3 is 2.57 bits per heavy atom. The minimum Gasteiger partial charge on any atom is -0.457 e. The molecule has 7 nitrogen and oxygen atoms in total. The molecule has 0 aliphatic rings. The second kappa shape index (κ2) is 7.57. The van der Waals surface area contributed by atoms with E-state index in [0.29, 0.717) is 16.5 Å². The van der Waals surface area contributed by atoms with E-state index in [2.05, 4.69) is 0 Å². The maximum atomic E-state index is 12.4. The van der Waals surface area contributed by atoms with Crippen molar-refractivity contribution in [2.75, 3.05) is 14.1 Å². The van der Waals surface area contributed by atoms with Gasteiger partial charge in [0.25, 0.3) is 0 Å². The Labute approximate surface area is 162 Å². The van der Waals surface area contributed by atoms with E-state index in [1.807, 2.05) is 13.0 Å². The molecular weight excluding hydrogens is 382 g/mol. The molecule has 0 fully saturated rings. The zero-order valence-electron chi connectivity index (χ0n) is 15.6. The fourth-order valence-corrected chi connectivity index (χ4v) is 3.63. The van der Waals surface area contributed by atoms with E-state index < -0.39 is 21.6 Å². The maximum Gasteiger partial charge on any atom is 0.338 e. The van der Waals surface area contributed by atoms with Crippen molar-refractivity contribution >= 4 is 27.0 Å². The van der Waals surface area contributed by atoms with Gasteiger partial charge in [-0.2, -0.15) is 0 Å². The van der Waals surface area contributed by atoms with Crippen LogP contribution in [0.5, 0.6) is 0 Å². The minimum atomic E-state index is -3.67. The molecule has 0 saturated heterocycles. The van der Waals surface area contributed by atoms with Crippen LogP contribution in [-0.4, -0.2) is 32.8 Å². The highest BCUT2D eigenvalue weighted by atomic mass is 32.2. The Balaban J connectivity index is 1.86. The van der Waals surface area contributed by atoms with Crippen molar-refractivity contribution in [3.63, 3.8) is 0 Å². The highest BCUT2D eigenvalue weighted by molar-refractivity contribution is 7.89. The molecule has 8 heteroatoms. The fraction of sp³-hybridized carbons (Fsp3) is 0.200. The Kier molecular flexibility index (Phi) is 5.35. The Morgan fingerprint density at radius 2 is 1.86 bits per heavy atom. The lowest BCUT2D eigenvalue weighted by Gasteiger charge is -2.12. The number of esters is 1. The fourth-order valence-electron chi connectivity index (χ4n) is 2.68. The van der Waals surface area contributed by atoms with Crippen LogP contribution in [0.3, 0.4) is 0 Å². The maximum absolute atomic E-state index is 12.4. The average Bonchev–Trinajstić information content (AvgIpc) is 2.65. The number of sulfonamides is 1. The Morgan fingerprint density at radius 1 is 1.11 bits per heavy atom. The van der Waals surface area contributed by atoms with E-state index in [-0.39, 0.29) is 17.1 Å². The van der Waals surface area contributed by atoms with Crippen molar-refractivity contribution in [3.05, 3.63) is 75.6 Å². The van der Waals surface area contributed by atoms with Gasteiger partial charge in [-0.15, -0.1) is 0 Å². The molecule has 0 spiro atoms. The topological polar surface area (TPSA) is 93.9 Å². The van der Waals surface area contributed by atoms with Gasteiger partial charge in [-0.1, -0.05) is 18.2 Å². The number of rotatable bonds is 5. The second-order valence-electron chi connectivity index (χ2n) is 6.48. The van der Waals surface area contributed by atoms with E-state index in [1.165, 1.54) is 44.4 Å². The van der Waals surface area contributed by atoms with Crippen LogP contribution in [-0.2, 0) is 21.4 Å². The average molecular weight is 401 g/mol. The summed E-state index contributed by atoms with van der Waals surface area (Å²) < 4.78 is 36.0. The van der Waals surface area contributed by atoms with Crippen molar-refractivity contribution in [2.24, 2.45) is 0 Å². The third-order valence-corrected chi connectivity index (χ3v) is 6.00. The first-order chi connectivity index (χ1) is 13.2. The van der Waals surface area contributed by atoms with Gasteiger partial charge < -0.3 is 9.15 Å². The number of aryl methyl sites for hydroxylation is 1. The monoisotopic (exact) mass is 401 g/mol. The van der Waals surface area contributed by atoms with Crippen LogP contribution < -0.4 is 5.63 Å². The van der Waals surface area contributed by atoms with Crippen molar-refractivity contribution in [1.29, 1.82) is 0 Å². The van der Waals surface area contributed by atoms with Crippen LogP contribution in [0, 0.1) is 6.92 Å². The van der Waals surface area contributed by atoms with Gasteiger partial charge in [-0.05, 0) is 36.8 Å². The summed E-state index contributed by atoms with van der Waals surface area (Å²) in [5, 5.41) is 0.668. The van der Waals surface area contributed by atoms with Gasteiger partial charge in [0.1, 0.15) is 12.2 Å². The number of carbonyl (C=O) groups is 1. The molecule has 0 N–H and O–H groups in total. The first kappa shape index (κ1) is 19.8. The molecule has 0 unspecified atom stereocenters. The van der Waals surface area contributed by atoms with Crippen LogP contribution >= 0.6 is 0 Å². The molecule has 0 radical (unpaired) electrons. The molecular formula is C20H19NO6S. The first-order valence-electron chi connectivity index (χ1n) is 8.41. The second-order valence-corrected chi connectivity index (χ2v) is 8.63. The summed E-state index contributed by atoms with van der Waals surface area (Å²) in [6.07, 6.45) is 0. The summed E-state index contributed by atoms with van der Waals surface area (Å²) in [5.41, 5.74) is 1.42. The molecule has 3 rings (SSSR count). The third kappa shape index (κ3) is 3.97. The molecule has 0 aliphatic carbocycles. The van der Waals surface area contributed by atoms with Crippen LogP contribution in [0.25, 0.3) is 11.0 Å². The van der Waals surface area contributed by atoms with Crippen LogP contribution in [0.15, 0.2) is 62.6 Å². The van der Waals surface area contributed by atoms with E-state index in [9.17, 15) is 18.0 Å². The van der Waals surface area contributed by atoms with E-state index in [1.54, 1.807) is 12.1 Å². The summed E-state index contributed by atoms with van der Waals surface area (Å²) in [7, 11) is -0.845. The number of hydrogen-bond acceptors (Lipinski definition) is 6. The molecule has 2 aromatic carbocycles. The summed E-state index contributed by atoms with van der Waals surface area (Å²) in [6.45, 7) is 1.73. The van der Waals surface area contributed by atoms with Gasteiger partial charge in [0.2, 0.25) is 10.0 Å². The van der Waals surface area contributed by atoms with E-state index in [4.69, 9.17) is 9.15 Å². The molecule has 1 aromatic heterocycles.